The van der Waals surface area contributed by atoms with Gasteiger partial charge in [0.25, 0.3) is 5.69 Å². The number of nitro benzene ring substituents is 1. The molecule has 0 unspecified atom stereocenters. The van der Waals surface area contributed by atoms with Crippen LogP contribution in [0.5, 0.6) is 0 Å². The highest BCUT2D eigenvalue weighted by Gasteiger charge is 2.32. The van der Waals surface area contributed by atoms with Crippen molar-refractivity contribution in [3.8, 4) is 0 Å². The zero-order valence-electron chi connectivity index (χ0n) is 12.5. The van der Waals surface area contributed by atoms with E-state index >= 15 is 0 Å². The second-order valence-electron chi connectivity index (χ2n) is 5.47. The largest absolute Gasteiger partial charge is 0.289 e. The van der Waals surface area contributed by atoms with Crippen molar-refractivity contribution in [2.45, 2.75) is 24.3 Å². The van der Waals surface area contributed by atoms with E-state index in [0.29, 0.717) is 0 Å². The molecule has 0 bridgehead atoms. The highest BCUT2D eigenvalue weighted by molar-refractivity contribution is 9.10. The lowest BCUT2D eigenvalue weighted by Crippen LogP contribution is -2.41. The molecule has 0 atom stereocenters. The number of benzene rings is 2. The van der Waals surface area contributed by atoms with E-state index in [-0.39, 0.29) is 4.90 Å². The first-order valence-electron chi connectivity index (χ1n) is 6.67. The predicted molar refractivity (Wildman–Crippen MR) is 90.6 cm³/mol. The first kappa shape index (κ1) is 17.6. The molecule has 0 aliphatic heterocycles. The van der Waals surface area contributed by atoms with Crippen molar-refractivity contribution in [3.05, 3.63) is 68.7 Å². The lowest BCUT2D eigenvalue weighted by molar-refractivity contribution is -0.387. The van der Waals surface area contributed by atoms with E-state index in [1.807, 2.05) is 6.07 Å². The summed E-state index contributed by atoms with van der Waals surface area (Å²) in [7, 11) is -4.06. The van der Waals surface area contributed by atoms with E-state index < -0.39 is 26.2 Å². The maximum Gasteiger partial charge on any atom is 0.289 e. The van der Waals surface area contributed by atoms with Gasteiger partial charge in [0.15, 0.2) is 4.90 Å². The van der Waals surface area contributed by atoms with Crippen LogP contribution in [0.3, 0.4) is 0 Å². The minimum absolute atomic E-state index is 0.354. The van der Waals surface area contributed by atoms with E-state index in [1.54, 1.807) is 32.0 Å². The monoisotopic (exact) mass is 398 g/mol. The number of hydrogen-bond acceptors (Lipinski definition) is 4. The second kappa shape index (κ2) is 6.38. The molecular weight excluding hydrogens is 384 g/mol. The molecule has 0 aliphatic carbocycles. The van der Waals surface area contributed by atoms with Crippen LogP contribution in [0.25, 0.3) is 0 Å². The third-order valence-electron chi connectivity index (χ3n) is 3.29. The molecule has 0 spiro atoms. The minimum Gasteiger partial charge on any atom is -0.258 e. The summed E-state index contributed by atoms with van der Waals surface area (Å²) in [5, 5.41) is 11.1. The molecule has 0 saturated carbocycles. The molecule has 2 aromatic rings. The van der Waals surface area contributed by atoms with Gasteiger partial charge in [-0.2, -0.15) is 0 Å². The zero-order chi connectivity index (χ0) is 17.3. The molecule has 2 rings (SSSR count). The van der Waals surface area contributed by atoms with Crippen LogP contribution in [0.15, 0.2) is 57.9 Å². The molecule has 0 amide bonds. The van der Waals surface area contributed by atoms with Crippen molar-refractivity contribution in [2.24, 2.45) is 0 Å². The molecule has 23 heavy (non-hydrogen) atoms. The summed E-state index contributed by atoms with van der Waals surface area (Å²) in [6, 6.07) is 12.5. The molecule has 6 nitrogen and oxygen atoms in total. The minimum atomic E-state index is -4.06. The van der Waals surface area contributed by atoms with Crippen molar-refractivity contribution in [1.29, 1.82) is 0 Å². The lowest BCUT2D eigenvalue weighted by atomic mass is 9.96. The molecule has 0 aromatic heterocycles. The highest BCUT2D eigenvalue weighted by atomic mass is 79.9. The van der Waals surface area contributed by atoms with Crippen LogP contribution < -0.4 is 4.72 Å². The Labute approximate surface area is 142 Å². The van der Waals surface area contributed by atoms with Gasteiger partial charge in [-0.15, -0.1) is 0 Å². The first-order chi connectivity index (χ1) is 10.6. The van der Waals surface area contributed by atoms with Crippen molar-refractivity contribution in [3.63, 3.8) is 0 Å². The van der Waals surface area contributed by atoms with Crippen LogP contribution >= 0.6 is 15.9 Å². The predicted octanol–water partition coefficient (Wildman–Crippen LogP) is 3.57. The summed E-state index contributed by atoms with van der Waals surface area (Å²) in [5.74, 6) is 0. The van der Waals surface area contributed by atoms with Crippen molar-refractivity contribution in [1.82, 2.24) is 4.72 Å². The quantitative estimate of drug-likeness (QED) is 0.615. The van der Waals surface area contributed by atoms with E-state index in [9.17, 15) is 18.5 Å². The molecule has 1 N–H and O–H groups in total. The highest BCUT2D eigenvalue weighted by Crippen LogP contribution is 2.28. The van der Waals surface area contributed by atoms with Crippen LogP contribution in [0.4, 0.5) is 5.69 Å². The van der Waals surface area contributed by atoms with Crippen LogP contribution in [0, 0.1) is 10.1 Å². The fourth-order valence-electron chi connectivity index (χ4n) is 2.16. The molecule has 0 aliphatic rings. The number of nitro groups is 1. The summed E-state index contributed by atoms with van der Waals surface area (Å²) < 4.78 is 28.6. The fourth-order valence-corrected chi connectivity index (χ4v) is 4.14. The van der Waals surface area contributed by atoms with Crippen LogP contribution in [-0.4, -0.2) is 13.3 Å². The normalized spacial score (nSPS) is 12.1. The Morgan fingerprint density at radius 1 is 1.13 bits per heavy atom. The molecule has 122 valence electrons. The van der Waals surface area contributed by atoms with E-state index in [2.05, 4.69) is 20.7 Å². The van der Waals surface area contributed by atoms with E-state index in [4.69, 9.17) is 0 Å². The van der Waals surface area contributed by atoms with Crippen molar-refractivity contribution < 1.29 is 13.3 Å². The third kappa shape index (κ3) is 3.95. The van der Waals surface area contributed by atoms with Crippen LogP contribution in [-0.2, 0) is 15.6 Å². The van der Waals surface area contributed by atoms with Gasteiger partial charge in [-0.1, -0.05) is 40.2 Å². The van der Waals surface area contributed by atoms with Crippen molar-refractivity contribution >= 4 is 31.6 Å². The van der Waals surface area contributed by atoms with Gasteiger partial charge in [-0.3, -0.25) is 10.1 Å². The van der Waals surface area contributed by atoms with Gasteiger partial charge in [0.1, 0.15) is 0 Å². The standard InChI is InChI=1S/C15H15BrN2O4S/c1-15(2,11-6-5-7-12(16)10-11)17-23(21,22)14-9-4-3-8-13(14)18(19)20/h3-10,17H,1-2H3. The Morgan fingerprint density at radius 3 is 2.39 bits per heavy atom. The van der Waals surface area contributed by atoms with Gasteiger partial charge in [0, 0.05) is 10.5 Å². The average Bonchev–Trinajstić information content (AvgIpc) is 2.46. The van der Waals surface area contributed by atoms with E-state index in [0.717, 1.165) is 10.0 Å². The number of nitrogens with one attached hydrogen (secondary N) is 1. The topological polar surface area (TPSA) is 89.3 Å². The van der Waals surface area contributed by atoms with Crippen LogP contribution in [0.1, 0.15) is 19.4 Å². The number of hydrogen-bond donors (Lipinski definition) is 1. The number of para-hydroxylation sites is 1. The molecule has 0 saturated heterocycles. The summed E-state index contributed by atoms with van der Waals surface area (Å²) in [4.78, 5) is 9.99. The molecule has 8 heteroatoms. The van der Waals surface area contributed by atoms with Crippen molar-refractivity contribution in [2.75, 3.05) is 0 Å². The molecule has 2 aromatic carbocycles. The summed E-state index contributed by atoms with van der Waals surface area (Å²) in [6.07, 6.45) is 0. The average molecular weight is 399 g/mol. The fraction of sp³-hybridized carbons (Fsp3) is 0.200. The SMILES string of the molecule is CC(C)(NS(=O)(=O)c1ccccc1[N+](=O)[O-])c1cccc(Br)c1. The Kier molecular flexibility index (Phi) is 4.88. The summed E-state index contributed by atoms with van der Waals surface area (Å²) in [5.41, 5.74) is -0.661. The smallest absolute Gasteiger partial charge is 0.258 e. The summed E-state index contributed by atoms with van der Waals surface area (Å²) in [6.45, 7) is 3.39. The van der Waals surface area contributed by atoms with Gasteiger partial charge in [0.05, 0.1) is 10.5 Å². The van der Waals surface area contributed by atoms with Gasteiger partial charge < -0.3 is 0 Å². The second-order valence-corrected chi connectivity index (χ2v) is 8.03. The number of rotatable bonds is 5. The summed E-state index contributed by atoms with van der Waals surface area (Å²) >= 11 is 3.34. The Balaban J connectivity index is 2.44. The number of nitrogens with zero attached hydrogens (tertiary/aromatic N) is 1. The number of halogens is 1. The molecule has 0 radical (unpaired) electrons. The maximum atomic E-state index is 12.6. The third-order valence-corrected chi connectivity index (χ3v) is 5.48. The maximum absolute atomic E-state index is 12.6. The molecule has 0 fully saturated rings. The van der Waals surface area contributed by atoms with Crippen LogP contribution in [0.2, 0.25) is 0 Å². The van der Waals surface area contributed by atoms with Gasteiger partial charge in [0.2, 0.25) is 10.0 Å². The van der Waals surface area contributed by atoms with Gasteiger partial charge in [-0.25, -0.2) is 13.1 Å². The van der Waals surface area contributed by atoms with Gasteiger partial charge >= 0.3 is 0 Å². The Hall–Kier alpha value is -1.77. The Bertz CT molecular complexity index is 850. The zero-order valence-corrected chi connectivity index (χ0v) is 14.9. The molecular formula is C15H15BrN2O4S. The number of sulfonamides is 1. The first-order valence-corrected chi connectivity index (χ1v) is 8.94. The Morgan fingerprint density at radius 2 is 1.78 bits per heavy atom. The van der Waals surface area contributed by atoms with E-state index in [1.165, 1.54) is 24.3 Å². The van der Waals surface area contributed by atoms with Gasteiger partial charge in [-0.05, 0) is 37.6 Å². The molecule has 0 heterocycles. The lowest BCUT2D eigenvalue weighted by Gasteiger charge is -2.26.